The highest BCUT2D eigenvalue weighted by molar-refractivity contribution is 7.90. The normalized spacial score (nSPS) is 15.7. The van der Waals surface area contributed by atoms with Gasteiger partial charge in [-0.3, -0.25) is 4.79 Å². The number of hydrogen-bond donors (Lipinski definition) is 1. The minimum Gasteiger partial charge on any atom is -0.381 e. The van der Waals surface area contributed by atoms with E-state index in [1.807, 2.05) is 0 Å². The van der Waals surface area contributed by atoms with E-state index in [-0.39, 0.29) is 17.6 Å². The maximum absolute atomic E-state index is 12.5. The van der Waals surface area contributed by atoms with Gasteiger partial charge in [0.2, 0.25) is 5.91 Å². The molecule has 0 aliphatic carbocycles. The molecular formula is C19H21NO4S. The fraction of sp³-hybridized carbons (Fsp3) is 0.316. The first-order valence-corrected chi connectivity index (χ1v) is 9.95. The van der Waals surface area contributed by atoms with Crippen molar-refractivity contribution in [2.75, 3.05) is 18.5 Å². The molecule has 2 aromatic carbocycles. The highest BCUT2D eigenvalue weighted by Gasteiger charge is 2.22. The average molecular weight is 359 g/mol. The zero-order chi connectivity index (χ0) is 17.7. The molecule has 0 bridgehead atoms. The smallest absolute Gasteiger partial charge is 0.227 e. The van der Waals surface area contributed by atoms with E-state index < -0.39 is 9.84 Å². The molecule has 1 aliphatic heterocycles. The van der Waals surface area contributed by atoms with Gasteiger partial charge in [0, 0.05) is 24.8 Å². The summed E-state index contributed by atoms with van der Waals surface area (Å²) in [4.78, 5) is 12.6. The fourth-order valence-corrected chi connectivity index (χ4v) is 4.23. The van der Waals surface area contributed by atoms with Crippen molar-refractivity contribution >= 4 is 21.4 Å². The van der Waals surface area contributed by atoms with Crippen LogP contribution in [0.5, 0.6) is 0 Å². The number of carbonyl (C=O) groups is 1. The molecule has 1 saturated heterocycles. The molecule has 1 heterocycles. The molecule has 0 aromatic heterocycles. The molecular weight excluding hydrogens is 338 g/mol. The summed E-state index contributed by atoms with van der Waals surface area (Å²) in [5, 5.41) is 2.89. The number of benzene rings is 2. The summed E-state index contributed by atoms with van der Waals surface area (Å²) >= 11 is 0. The molecule has 0 spiro atoms. The van der Waals surface area contributed by atoms with E-state index in [0.717, 1.165) is 0 Å². The van der Waals surface area contributed by atoms with Gasteiger partial charge < -0.3 is 10.1 Å². The van der Waals surface area contributed by atoms with E-state index in [9.17, 15) is 13.2 Å². The maximum Gasteiger partial charge on any atom is 0.227 e. The van der Waals surface area contributed by atoms with E-state index in [4.69, 9.17) is 4.74 Å². The van der Waals surface area contributed by atoms with Crippen molar-refractivity contribution in [3.8, 4) is 0 Å². The van der Waals surface area contributed by atoms with Gasteiger partial charge in [-0.25, -0.2) is 8.42 Å². The first kappa shape index (κ1) is 17.6. The Hall–Kier alpha value is -2.18. The third kappa shape index (κ3) is 4.67. The third-order valence-electron chi connectivity index (χ3n) is 4.25. The summed E-state index contributed by atoms with van der Waals surface area (Å²) in [7, 11) is -3.41. The molecule has 0 atom stereocenters. The number of amides is 1. The van der Waals surface area contributed by atoms with Crippen LogP contribution in [0.4, 0.5) is 5.69 Å². The number of rotatable bonds is 5. The Morgan fingerprint density at radius 1 is 1.04 bits per heavy atom. The second-order valence-electron chi connectivity index (χ2n) is 6.15. The first-order valence-electron chi connectivity index (χ1n) is 8.30. The van der Waals surface area contributed by atoms with E-state index in [1.54, 1.807) is 54.6 Å². The molecule has 0 radical (unpaired) electrons. The Morgan fingerprint density at radius 2 is 1.76 bits per heavy atom. The van der Waals surface area contributed by atoms with Crippen LogP contribution in [0, 0.1) is 5.92 Å². The second-order valence-corrected chi connectivity index (χ2v) is 8.14. The van der Waals surface area contributed by atoms with Crippen molar-refractivity contribution in [3.63, 3.8) is 0 Å². The molecule has 5 nitrogen and oxygen atoms in total. The highest BCUT2D eigenvalue weighted by atomic mass is 32.2. The van der Waals surface area contributed by atoms with Crippen LogP contribution in [0.25, 0.3) is 0 Å². The van der Waals surface area contributed by atoms with Gasteiger partial charge >= 0.3 is 0 Å². The van der Waals surface area contributed by atoms with Crippen LogP contribution in [-0.2, 0) is 25.1 Å². The lowest BCUT2D eigenvalue weighted by Gasteiger charge is -2.21. The molecule has 132 valence electrons. The standard InChI is InChI=1S/C19H21NO4S/c21-19(16-9-11-24-12-10-16)20-17-6-4-5-15(13-17)14-25(22,23)18-7-2-1-3-8-18/h1-8,13,16H,9-12,14H2,(H,20,21). The van der Waals surface area contributed by atoms with Crippen LogP contribution < -0.4 is 5.32 Å². The predicted octanol–water partition coefficient (Wildman–Crippen LogP) is 3.03. The molecule has 25 heavy (non-hydrogen) atoms. The van der Waals surface area contributed by atoms with Gasteiger partial charge in [-0.05, 0) is 42.7 Å². The SMILES string of the molecule is O=C(Nc1cccc(CS(=O)(=O)c2ccccc2)c1)C1CCOCC1. The van der Waals surface area contributed by atoms with E-state index in [0.29, 0.717) is 42.2 Å². The summed E-state index contributed by atoms with van der Waals surface area (Å²) in [5.74, 6) is -0.185. The summed E-state index contributed by atoms with van der Waals surface area (Å²) in [6, 6.07) is 15.4. The zero-order valence-electron chi connectivity index (χ0n) is 13.9. The van der Waals surface area contributed by atoms with Gasteiger partial charge in [-0.15, -0.1) is 0 Å². The summed E-state index contributed by atoms with van der Waals surface area (Å²) in [5.41, 5.74) is 1.27. The monoisotopic (exact) mass is 359 g/mol. The Kier molecular flexibility index (Phi) is 5.50. The molecule has 3 rings (SSSR count). The summed E-state index contributed by atoms with van der Waals surface area (Å²) in [6.45, 7) is 1.21. The van der Waals surface area contributed by atoms with Crippen molar-refractivity contribution in [2.45, 2.75) is 23.5 Å². The van der Waals surface area contributed by atoms with E-state index >= 15 is 0 Å². The lowest BCUT2D eigenvalue weighted by Crippen LogP contribution is -2.28. The number of nitrogens with one attached hydrogen (secondary N) is 1. The summed E-state index contributed by atoms with van der Waals surface area (Å²) in [6.07, 6.45) is 1.43. The first-order chi connectivity index (χ1) is 12.0. The van der Waals surface area contributed by atoms with Gasteiger partial charge in [0.05, 0.1) is 10.6 Å². The lowest BCUT2D eigenvalue weighted by molar-refractivity contribution is -0.122. The third-order valence-corrected chi connectivity index (χ3v) is 5.95. The number of carbonyl (C=O) groups excluding carboxylic acids is 1. The van der Waals surface area contributed by atoms with Crippen LogP contribution in [-0.4, -0.2) is 27.5 Å². The Balaban J connectivity index is 1.70. The second kappa shape index (κ2) is 7.80. The van der Waals surface area contributed by atoms with Crippen LogP contribution in [0.1, 0.15) is 18.4 Å². The van der Waals surface area contributed by atoms with Crippen molar-refractivity contribution in [2.24, 2.45) is 5.92 Å². The van der Waals surface area contributed by atoms with Crippen LogP contribution in [0.3, 0.4) is 0 Å². The molecule has 1 aliphatic rings. The van der Waals surface area contributed by atoms with Gasteiger partial charge in [0.15, 0.2) is 9.84 Å². The minimum atomic E-state index is -3.41. The van der Waals surface area contributed by atoms with Crippen molar-refractivity contribution in [3.05, 3.63) is 60.2 Å². The van der Waals surface area contributed by atoms with Gasteiger partial charge in [-0.1, -0.05) is 30.3 Å². The molecule has 6 heteroatoms. The largest absolute Gasteiger partial charge is 0.381 e. The Labute approximate surface area is 147 Å². The molecule has 0 unspecified atom stereocenters. The average Bonchev–Trinajstić information content (AvgIpc) is 2.63. The number of hydrogen-bond acceptors (Lipinski definition) is 4. The Bertz CT molecular complexity index is 828. The number of sulfone groups is 1. The quantitative estimate of drug-likeness (QED) is 0.891. The van der Waals surface area contributed by atoms with Crippen molar-refractivity contribution < 1.29 is 17.9 Å². The van der Waals surface area contributed by atoms with Crippen molar-refractivity contribution in [1.29, 1.82) is 0 Å². The molecule has 1 N–H and O–H groups in total. The fourth-order valence-electron chi connectivity index (χ4n) is 2.87. The van der Waals surface area contributed by atoms with Crippen molar-refractivity contribution in [1.82, 2.24) is 0 Å². The Morgan fingerprint density at radius 3 is 2.48 bits per heavy atom. The van der Waals surface area contributed by atoms with Crippen LogP contribution in [0.15, 0.2) is 59.5 Å². The molecule has 1 fully saturated rings. The lowest BCUT2D eigenvalue weighted by atomic mass is 9.99. The maximum atomic E-state index is 12.5. The number of anilines is 1. The van der Waals surface area contributed by atoms with Gasteiger partial charge in [0.25, 0.3) is 0 Å². The number of ether oxygens (including phenoxy) is 1. The summed E-state index contributed by atoms with van der Waals surface area (Å²) < 4.78 is 30.2. The van der Waals surface area contributed by atoms with E-state index in [2.05, 4.69) is 5.32 Å². The van der Waals surface area contributed by atoms with Gasteiger partial charge in [-0.2, -0.15) is 0 Å². The molecule has 1 amide bonds. The minimum absolute atomic E-state index is 0.0358. The topological polar surface area (TPSA) is 72.5 Å². The van der Waals surface area contributed by atoms with Gasteiger partial charge in [0.1, 0.15) is 0 Å². The van der Waals surface area contributed by atoms with Crippen LogP contribution in [0.2, 0.25) is 0 Å². The zero-order valence-corrected chi connectivity index (χ0v) is 14.7. The predicted molar refractivity (Wildman–Crippen MR) is 95.9 cm³/mol. The van der Waals surface area contributed by atoms with Crippen LogP contribution >= 0.6 is 0 Å². The van der Waals surface area contributed by atoms with E-state index in [1.165, 1.54) is 0 Å². The molecule has 0 saturated carbocycles. The molecule has 2 aromatic rings. The highest BCUT2D eigenvalue weighted by Crippen LogP contribution is 2.21.